The van der Waals surface area contributed by atoms with E-state index in [4.69, 9.17) is 17.3 Å². The summed E-state index contributed by atoms with van der Waals surface area (Å²) < 4.78 is 0. The number of hydrogen-bond acceptors (Lipinski definition) is 6. The fourth-order valence-corrected chi connectivity index (χ4v) is 3.15. The Kier molecular flexibility index (Phi) is 5.39. The third-order valence-corrected chi connectivity index (χ3v) is 4.63. The molecule has 2 heterocycles. The van der Waals surface area contributed by atoms with Crippen LogP contribution in [0.15, 0.2) is 47.6 Å². The second-order valence-corrected chi connectivity index (χ2v) is 6.27. The van der Waals surface area contributed by atoms with Gasteiger partial charge in [-0.25, -0.2) is 4.98 Å². The lowest BCUT2D eigenvalue weighted by atomic mass is 9.84. The van der Waals surface area contributed by atoms with Crippen LogP contribution in [0.25, 0.3) is 0 Å². The lowest BCUT2D eigenvalue weighted by Gasteiger charge is -2.27. The van der Waals surface area contributed by atoms with Gasteiger partial charge in [0.15, 0.2) is 5.54 Å². The number of aromatic nitrogens is 1. The number of carbonyl (C=O) groups excluding carboxylic acids is 3. The Morgan fingerprint density at radius 1 is 1.18 bits per heavy atom. The van der Waals surface area contributed by atoms with Crippen LogP contribution in [0.2, 0.25) is 5.15 Å². The van der Waals surface area contributed by atoms with Gasteiger partial charge in [-0.1, -0.05) is 23.7 Å². The molecule has 10 heteroatoms. The molecular formula is C18H17ClN6O3. The number of halogens is 1. The van der Waals surface area contributed by atoms with Crippen molar-refractivity contribution in [2.75, 3.05) is 19.0 Å². The highest BCUT2D eigenvalue weighted by molar-refractivity contribution is 6.47. The zero-order valence-electron chi connectivity index (χ0n) is 14.8. The van der Waals surface area contributed by atoms with E-state index >= 15 is 0 Å². The SMILES string of the molecule is CNC(=O)C1=NCNC1(C(N)=O)c1ccc(NC(=O)c2cccnc2Cl)cc1. The van der Waals surface area contributed by atoms with Gasteiger partial charge in [0.05, 0.1) is 12.2 Å². The van der Waals surface area contributed by atoms with E-state index < -0.39 is 23.3 Å². The van der Waals surface area contributed by atoms with Gasteiger partial charge in [-0.15, -0.1) is 0 Å². The molecule has 2 aromatic rings. The molecule has 5 N–H and O–H groups in total. The second kappa shape index (κ2) is 7.75. The number of nitrogens with zero attached hydrogens (tertiary/aromatic N) is 2. The van der Waals surface area contributed by atoms with Crippen molar-refractivity contribution in [3.63, 3.8) is 0 Å². The van der Waals surface area contributed by atoms with Gasteiger partial charge in [-0.3, -0.25) is 24.7 Å². The van der Waals surface area contributed by atoms with Crippen LogP contribution in [0.5, 0.6) is 0 Å². The van der Waals surface area contributed by atoms with E-state index in [-0.39, 0.29) is 23.1 Å². The summed E-state index contributed by atoms with van der Waals surface area (Å²) in [7, 11) is 1.44. The number of anilines is 1. The fraction of sp³-hybridized carbons (Fsp3) is 0.167. The number of benzene rings is 1. The van der Waals surface area contributed by atoms with E-state index in [1.54, 1.807) is 36.4 Å². The highest BCUT2D eigenvalue weighted by Crippen LogP contribution is 2.28. The first-order valence-corrected chi connectivity index (χ1v) is 8.62. The van der Waals surface area contributed by atoms with Crippen LogP contribution in [0, 0.1) is 0 Å². The molecule has 1 aliphatic rings. The third-order valence-electron chi connectivity index (χ3n) is 4.33. The van der Waals surface area contributed by atoms with E-state index in [1.807, 2.05) is 0 Å². The van der Waals surface area contributed by atoms with Crippen molar-refractivity contribution in [1.29, 1.82) is 0 Å². The van der Waals surface area contributed by atoms with E-state index in [0.29, 0.717) is 11.3 Å². The number of aliphatic imine (C=N–C) groups is 1. The van der Waals surface area contributed by atoms with E-state index in [0.717, 1.165) is 0 Å². The lowest BCUT2D eigenvalue weighted by Crippen LogP contribution is -2.58. The van der Waals surface area contributed by atoms with Crippen molar-refractivity contribution in [3.05, 3.63) is 58.9 Å². The molecule has 0 saturated heterocycles. The molecule has 0 radical (unpaired) electrons. The number of amides is 3. The summed E-state index contributed by atoms with van der Waals surface area (Å²) in [5.41, 5.74) is 5.17. The molecule has 1 aliphatic heterocycles. The van der Waals surface area contributed by atoms with Gasteiger partial charge >= 0.3 is 0 Å². The van der Waals surface area contributed by atoms with Crippen LogP contribution >= 0.6 is 11.6 Å². The van der Waals surface area contributed by atoms with Gasteiger partial charge < -0.3 is 16.4 Å². The first kappa shape index (κ1) is 19.5. The molecule has 28 heavy (non-hydrogen) atoms. The first-order valence-electron chi connectivity index (χ1n) is 8.24. The minimum Gasteiger partial charge on any atom is -0.367 e. The van der Waals surface area contributed by atoms with Gasteiger partial charge in [0, 0.05) is 18.9 Å². The highest BCUT2D eigenvalue weighted by atomic mass is 35.5. The first-order chi connectivity index (χ1) is 13.4. The van der Waals surface area contributed by atoms with Gasteiger partial charge in [0.1, 0.15) is 10.9 Å². The zero-order chi connectivity index (χ0) is 20.3. The average molecular weight is 401 g/mol. The molecule has 1 atom stereocenters. The van der Waals surface area contributed by atoms with Crippen molar-refractivity contribution in [2.24, 2.45) is 10.7 Å². The fourth-order valence-electron chi connectivity index (χ4n) is 2.94. The van der Waals surface area contributed by atoms with Crippen molar-refractivity contribution in [2.45, 2.75) is 5.54 Å². The molecule has 0 fully saturated rings. The number of carbonyl (C=O) groups is 3. The van der Waals surface area contributed by atoms with Gasteiger partial charge in [0.25, 0.3) is 11.8 Å². The maximum absolute atomic E-state index is 12.3. The summed E-state index contributed by atoms with van der Waals surface area (Å²) in [6, 6.07) is 9.50. The number of nitrogens with one attached hydrogen (secondary N) is 3. The molecule has 1 aromatic heterocycles. The second-order valence-electron chi connectivity index (χ2n) is 5.91. The average Bonchev–Trinajstić information content (AvgIpc) is 3.14. The summed E-state index contributed by atoms with van der Waals surface area (Å²) in [5, 5.41) is 8.13. The minimum atomic E-state index is -1.55. The predicted molar refractivity (Wildman–Crippen MR) is 104 cm³/mol. The van der Waals surface area contributed by atoms with Crippen LogP contribution in [0.1, 0.15) is 15.9 Å². The molecule has 3 rings (SSSR count). The summed E-state index contributed by atoms with van der Waals surface area (Å²) in [6.45, 7) is 0.0731. The Hall–Kier alpha value is -3.30. The molecule has 9 nitrogen and oxygen atoms in total. The van der Waals surface area contributed by atoms with E-state index in [9.17, 15) is 14.4 Å². The van der Waals surface area contributed by atoms with Gasteiger partial charge in [-0.05, 0) is 29.8 Å². The highest BCUT2D eigenvalue weighted by Gasteiger charge is 2.49. The number of nitrogens with two attached hydrogens (primary N) is 1. The van der Waals surface area contributed by atoms with Crippen molar-refractivity contribution >= 4 is 40.7 Å². The summed E-state index contributed by atoms with van der Waals surface area (Å²) in [6.07, 6.45) is 1.48. The number of pyridine rings is 1. The smallest absolute Gasteiger partial charge is 0.267 e. The van der Waals surface area contributed by atoms with Crippen LogP contribution in [0.4, 0.5) is 5.69 Å². The Labute approximate surface area is 165 Å². The Morgan fingerprint density at radius 3 is 2.50 bits per heavy atom. The Morgan fingerprint density at radius 2 is 1.89 bits per heavy atom. The standard InChI is InChI=1S/C18H17ClN6O3/c1-21-16(27)13-18(17(20)28,24-9-23-13)10-4-6-11(7-5-10)25-15(26)12-3-2-8-22-14(12)19/h2-8,24H,9H2,1H3,(H2,20,28)(H,21,27)(H,25,26). The third kappa shape index (κ3) is 3.32. The Balaban J connectivity index is 1.88. The van der Waals surface area contributed by atoms with Crippen LogP contribution in [0.3, 0.4) is 0 Å². The molecule has 1 aromatic carbocycles. The maximum Gasteiger partial charge on any atom is 0.267 e. The topological polar surface area (TPSA) is 139 Å². The Bertz CT molecular complexity index is 976. The number of rotatable bonds is 5. The summed E-state index contributed by atoms with van der Waals surface area (Å²) in [5.74, 6) is -1.69. The molecule has 1 unspecified atom stereocenters. The molecule has 144 valence electrons. The van der Waals surface area contributed by atoms with Gasteiger partial charge in [0.2, 0.25) is 5.91 Å². The van der Waals surface area contributed by atoms with Crippen LogP contribution in [-0.2, 0) is 15.1 Å². The van der Waals surface area contributed by atoms with E-state index in [2.05, 4.69) is 25.9 Å². The predicted octanol–water partition coefficient (Wildman–Crippen LogP) is 0.416. The summed E-state index contributed by atoms with van der Waals surface area (Å²) >= 11 is 5.93. The van der Waals surface area contributed by atoms with Gasteiger partial charge in [-0.2, -0.15) is 0 Å². The largest absolute Gasteiger partial charge is 0.367 e. The number of hydrogen-bond donors (Lipinski definition) is 4. The van der Waals surface area contributed by atoms with Crippen molar-refractivity contribution in [3.8, 4) is 0 Å². The summed E-state index contributed by atoms with van der Waals surface area (Å²) in [4.78, 5) is 44.7. The maximum atomic E-state index is 12.3. The lowest BCUT2D eigenvalue weighted by molar-refractivity contribution is -0.123. The zero-order valence-corrected chi connectivity index (χ0v) is 15.6. The molecule has 0 spiro atoms. The van der Waals surface area contributed by atoms with E-state index in [1.165, 1.54) is 13.2 Å². The molecule has 0 saturated carbocycles. The van der Waals surface area contributed by atoms with Crippen LogP contribution in [-0.4, -0.2) is 42.1 Å². The normalized spacial score (nSPS) is 18.3. The monoisotopic (exact) mass is 400 g/mol. The van der Waals surface area contributed by atoms with Crippen LogP contribution < -0.4 is 21.7 Å². The quantitative estimate of drug-likeness (QED) is 0.538. The minimum absolute atomic E-state index is 0.0126. The molecule has 3 amide bonds. The van der Waals surface area contributed by atoms with Crippen molar-refractivity contribution < 1.29 is 14.4 Å². The molecular weight excluding hydrogens is 384 g/mol. The molecule has 0 bridgehead atoms. The number of primary amides is 1. The van der Waals surface area contributed by atoms with Crippen molar-refractivity contribution in [1.82, 2.24) is 15.6 Å². The molecule has 0 aliphatic carbocycles.